The third-order valence-electron chi connectivity index (χ3n) is 0.447. The Labute approximate surface area is 81.1 Å². The first-order valence-electron chi connectivity index (χ1n) is 1.83. The molecule has 0 aliphatic rings. The van der Waals surface area contributed by atoms with Gasteiger partial charge in [0.25, 0.3) is 0 Å². The Morgan fingerprint density at radius 2 is 2.00 bits per heavy atom. The molecule has 9 heavy (non-hydrogen) atoms. The second-order valence-corrected chi connectivity index (χ2v) is 2.94. The molecule has 7 heteroatoms. The third kappa shape index (κ3) is 12.4. The maximum atomic E-state index is 9.74. The van der Waals surface area contributed by atoms with Crippen LogP contribution in [-0.2, 0) is 10.1 Å². The summed E-state index contributed by atoms with van der Waals surface area (Å²) in [5.41, 5.74) is 0. The van der Waals surface area contributed by atoms with E-state index in [1.807, 2.05) is 4.84 Å². The average Bonchev–Trinajstić information content (AvgIpc) is 1.59. The molecule has 1 N–H and O–H groups in total. The Kier molecular flexibility index (Phi) is 8.41. The van der Waals surface area contributed by atoms with Crippen molar-refractivity contribution in [2.75, 3.05) is 12.3 Å². The number of hydrogen-bond donors (Lipinski definition) is 1. The van der Waals surface area contributed by atoms with Crippen molar-refractivity contribution in [3.63, 3.8) is 0 Å². The van der Waals surface area contributed by atoms with Crippen LogP contribution in [0.25, 0.3) is 0 Å². The van der Waals surface area contributed by atoms with Crippen LogP contribution in [0.2, 0.25) is 0 Å². The number of halogens is 1. The second-order valence-electron chi connectivity index (χ2n) is 1.15. The van der Waals surface area contributed by atoms with E-state index in [0.29, 0.717) is 0 Å². The zero-order valence-electron chi connectivity index (χ0n) is 4.93. The molecule has 50 valence electrons. The van der Waals surface area contributed by atoms with Gasteiger partial charge in [-0.2, -0.15) is 0 Å². The van der Waals surface area contributed by atoms with Crippen LogP contribution in [0, 0.1) is 0 Å². The zero-order chi connectivity index (χ0) is 6.62. The number of rotatable bonds is 3. The molecule has 0 fully saturated rings. The predicted molar refractivity (Wildman–Crippen MR) is 28.4 cm³/mol. The van der Waals surface area contributed by atoms with Crippen LogP contribution in [0.5, 0.6) is 0 Å². The van der Waals surface area contributed by atoms with Crippen LogP contribution < -0.4 is 34.4 Å². The summed E-state index contributed by atoms with van der Waals surface area (Å²) in [4.78, 5) is 2.02. The summed E-state index contributed by atoms with van der Waals surface area (Å²) in [5.74, 6) is -0.462. The second kappa shape index (κ2) is 5.91. The van der Waals surface area contributed by atoms with E-state index in [1.165, 1.54) is 0 Å². The fraction of sp³-hybridized carbons (Fsp3) is 1.00. The van der Waals surface area contributed by atoms with Crippen LogP contribution >= 0.6 is 11.8 Å². The van der Waals surface area contributed by atoms with Crippen molar-refractivity contribution >= 4 is 21.9 Å². The van der Waals surface area contributed by atoms with Gasteiger partial charge in [-0.1, -0.05) is 0 Å². The Balaban J connectivity index is 0. The topological polar surface area (TPSA) is 69.2 Å². The Morgan fingerprint density at radius 1 is 1.56 bits per heavy atom. The van der Waals surface area contributed by atoms with Crippen molar-refractivity contribution in [3.05, 3.63) is 0 Å². The quantitative estimate of drug-likeness (QED) is 0.276. The van der Waals surface area contributed by atoms with Gasteiger partial charge in [-0.05, 0) is 11.8 Å². The maximum absolute atomic E-state index is 9.74. The molecule has 0 amide bonds. The minimum Gasteiger partial charge on any atom is -0.748 e. The minimum absolute atomic E-state index is 0. The fourth-order valence-electron chi connectivity index (χ4n) is 0.164. The first-order valence-corrected chi connectivity index (χ1v) is 3.79. The molecule has 0 heterocycles. The van der Waals surface area contributed by atoms with Crippen molar-refractivity contribution in [3.8, 4) is 0 Å². The smallest absolute Gasteiger partial charge is 0.748 e. The predicted octanol–water partition coefficient (Wildman–Crippen LogP) is -3.72. The van der Waals surface area contributed by atoms with Crippen LogP contribution in [0.3, 0.4) is 0 Å². The average molecular weight is 182 g/mol. The van der Waals surface area contributed by atoms with Gasteiger partial charge in [0.15, 0.2) is 0 Å². The van der Waals surface area contributed by atoms with E-state index in [4.69, 9.17) is 11.8 Å². The summed E-state index contributed by atoms with van der Waals surface area (Å²) in [6.45, 7) is -0.00656. The van der Waals surface area contributed by atoms with Crippen molar-refractivity contribution in [2.24, 2.45) is 0 Å². The van der Waals surface area contributed by atoms with Gasteiger partial charge in [0.05, 0.1) is 15.9 Å². The SMILES string of the molecule is O=S(=O)([O-])CCNCl.[Na+]. The molecule has 4 nitrogen and oxygen atoms in total. The molecule has 0 aliphatic carbocycles. The summed E-state index contributed by atoms with van der Waals surface area (Å²) in [7, 11) is -4.08. The van der Waals surface area contributed by atoms with E-state index < -0.39 is 15.9 Å². The molecule has 0 aromatic carbocycles. The first-order chi connectivity index (χ1) is 3.56. The zero-order valence-corrected chi connectivity index (χ0v) is 8.50. The normalized spacial score (nSPS) is 10.4. The van der Waals surface area contributed by atoms with Crippen LogP contribution in [0.15, 0.2) is 0 Å². The molecule has 0 bridgehead atoms. The first kappa shape index (κ1) is 12.8. The fourth-order valence-corrected chi connectivity index (χ4v) is 0.722. The summed E-state index contributed by atoms with van der Waals surface area (Å²) in [6, 6.07) is 0. The van der Waals surface area contributed by atoms with E-state index >= 15 is 0 Å². The molecule has 0 atom stereocenters. The van der Waals surface area contributed by atoms with E-state index in [-0.39, 0.29) is 36.1 Å². The van der Waals surface area contributed by atoms with Crippen molar-refractivity contribution in [1.29, 1.82) is 0 Å². The van der Waals surface area contributed by atoms with Gasteiger partial charge in [-0.15, -0.1) is 0 Å². The van der Waals surface area contributed by atoms with Gasteiger partial charge in [0.2, 0.25) is 0 Å². The number of nitrogens with one attached hydrogen (secondary N) is 1. The molecule has 0 rings (SSSR count). The van der Waals surface area contributed by atoms with Gasteiger partial charge in [0.1, 0.15) is 0 Å². The largest absolute Gasteiger partial charge is 1.00 e. The molecule has 0 aliphatic heterocycles. The molecular weight excluding hydrogens is 177 g/mol. The standard InChI is InChI=1S/C2H6ClNO3S.Na/c3-4-1-2-8(5,6)7;/h4H,1-2H2,(H,5,6,7);/q;+1/p-1. The molecular formula is C2H5ClNNaO3S. The summed E-state index contributed by atoms with van der Waals surface area (Å²) in [5, 5.41) is 0. The summed E-state index contributed by atoms with van der Waals surface area (Å²) in [6.07, 6.45) is 0. The monoisotopic (exact) mass is 181 g/mol. The minimum atomic E-state index is -4.08. The summed E-state index contributed by atoms with van der Waals surface area (Å²) < 4.78 is 29.2. The van der Waals surface area contributed by atoms with Crippen molar-refractivity contribution in [2.45, 2.75) is 0 Å². The van der Waals surface area contributed by atoms with Crippen LogP contribution in [-0.4, -0.2) is 25.3 Å². The summed E-state index contributed by atoms with van der Waals surface area (Å²) >= 11 is 4.85. The maximum Gasteiger partial charge on any atom is 1.00 e. The number of hydrogen-bond acceptors (Lipinski definition) is 4. The third-order valence-corrected chi connectivity index (χ3v) is 1.34. The van der Waals surface area contributed by atoms with Crippen molar-refractivity contribution < 1.29 is 42.5 Å². The van der Waals surface area contributed by atoms with Gasteiger partial charge in [0, 0.05) is 6.54 Å². The Bertz CT molecular complexity index is 146. The van der Waals surface area contributed by atoms with Crippen LogP contribution in [0.1, 0.15) is 0 Å². The Hall–Kier alpha value is 1.16. The van der Waals surface area contributed by atoms with Crippen molar-refractivity contribution in [1.82, 2.24) is 4.84 Å². The molecule has 0 aromatic rings. The van der Waals surface area contributed by atoms with Gasteiger partial charge < -0.3 is 4.55 Å². The van der Waals surface area contributed by atoms with Gasteiger partial charge in [-0.3, -0.25) is 0 Å². The molecule has 0 radical (unpaired) electrons. The van der Waals surface area contributed by atoms with Crippen LogP contribution in [0.4, 0.5) is 0 Å². The molecule has 0 spiro atoms. The van der Waals surface area contributed by atoms with E-state index in [2.05, 4.69) is 0 Å². The van der Waals surface area contributed by atoms with E-state index in [0.717, 1.165) is 0 Å². The molecule has 0 unspecified atom stereocenters. The van der Waals surface area contributed by atoms with E-state index in [9.17, 15) is 13.0 Å². The van der Waals surface area contributed by atoms with Gasteiger partial charge >= 0.3 is 29.6 Å². The Morgan fingerprint density at radius 3 is 2.11 bits per heavy atom. The van der Waals surface area contributed by atoms with Gasteiger partial charge in [-0.25, -0.2) is 13.3 Å². The van der Waals surface area contributed by atoms with E-state index in [1.54, 1.807) is 0 Å². The molecule has 0 saturated heterocycles. The molecule has 0 saturated carbocycles. The molecule has 0 aromatic heterocycles.